The second-order valence-electron chi connectivity index (χ2n) is 11.0. The molecule has 0 saturated heterocycles. The number of ketones is 1. The second-order valence-corrected chi connectivity index (χ2v) is 11.0. The minimum absolute atomic E-state index is 0.00925. The van der Waals surface area contributed by atoms with Crippen LogP contribution in [0.5, 0.6) is 5.75 Å². The van der Waals surface area contributed by atoms with E-state index >= 15 is 0 Å². The first-order chi connectivity index (χ1) is 22.3. The number of carbonyl (C=O) groups is 4. The number of hydrogen-bond acceptors (Lipinski definition) is 5. The molecule has 2 N–H and O–H groups in total. The number of amides is 2. The number of nitrogens with one attached hydrogen (secondary N) is 1. The van der Waals surface area contributed by atoms with Crippen molar-refractivity contribution in [1.82, 2.24) is 4.90 Å². The molecule has 47 heavy (non-hydrogen) atoms. The van der Waals surface area contributed by atoms with Gasteiger partial charge in [0.05, 0.1) is 19.1 Å². The third-order valence-electron chi connectivity index (χ3n) is 7.51. The Kier molecular flexibility index (Phi) is 11.1. The van der Waals surface area contributed by atoms with Crippen molar-refractivity contribution in [3.8, 4) is 5.75 Å². The van der Waals surface area contributed by atoms with Crippen LogP contribution in [0.2, 0.25) is 0 Å². The SMILES string of the molecule is COc1ccc(CC(=O)Nc2ccc(C(=O)N(CC(=O)O)Cc3ccc(C(=O)CC(C)c4ccccc4)cc3)cc2)c(C(F)(F)F)c1. The number of benzene rings is 4. The number of hydrogen-bond donors (Lipinski definition) is 2. The van der Waals surface area contributed by atoms with Crippen molar-refractivity contribution in [2.45, 2.75) is 38.4 Å². The Morgan fingerprint density at radius 3 is 2.11 bits per heavy atom. The van der Waals surface area contributed by atoms with Crippen molar-refractivity contribution in [2.75, 3.05) is 19.0 Å². The zero-order valence-corrected chi connectivity index (χ0v) is 25.7. The monoisotopic (exact) mass is 646 g/mol. The molecule has 1 atom stereocenters. The fourth-order valence-corrected chi connectivity index (χ4v) is 5.03. The summed E-state index contributed by atoms with van der Waals surface area (Å²) in [6, 6.07) is 25.3. The van der Waals surface area contributed by atoms with Crippen molar-refractivity contribution in [2.24, 2.45) is 0 Å². The lowest BCUT2D eigenvalue weighted by atomic mass is 9.93. The maximum absolute atomic E-state index is 13.5. The summed E-state index contributed by atoms with van der Waals surface area (Å²) < 4.78 is 45.4. The maximum Gasteiger partial charge on any atom is 0.416 e. The Bertz CT molecular complexity index is 1720. The fourth-order valence-electron chi connectivity index (χ4n) is 5.03. The first-order valence-electron chi connectivity index (χ1n) is 14.7. The van der Waals surface area contributed by atoms with Gasteiger partial charge in [0.1, 0.15) is 12.3 Å². The van der Waals surface area contributed by atoms with E-state index in [0.29, 0.717) is 17.5 Å². The molecule has 0 aliphatic heterocycles. The van der Waals surface area contributed by atoms with Crippen LogP contribution in [0.3, 0.4) is 0 Å². The van der Waals surface area contributed by atoms with Crippen molar-refractivity contribution < 1.29 is 42.2 Å². The molecule has 0 bridgehead atoms. The first kappa shape index (κ1) is 34.4. The topological polar surface area (TPSA) is 113 Å². The highest BCUT2D eigenvalue weighted by molar-refractivity contribution is 5.98. The molecule has 0 fully saturated rings. The van der Waals surface area contributed by atoms with E-state index in [-0.39, 0.29) is 40.8 Å². The summed E-state index contributed by atoms with van der Waals surface area (Å²) in [5, 5.41) is 12.0. The van der Waals surface area contributed by atoms with Crippen LogP contribution < -0.4 is 10.1 Å². The summed E-state index contributed by atoms with van der Waals surface area (Å²) >= 11 is 0. The van der Waals surface area contributed by atoms with Crippen LogP contribution in [-0.2, 0) is 28.7 Å². The van der Waals surface area contributed by atoms with Gasteiger partial charge >= 0.3 is 12.1 Å². The van der Waals surface area contributed by atoms with Gasteiger partial charge in [0.25, 0.3) is 5.91 Å². The van der Waals surface area contributed by atoms with Gasteiger partial charge in [-0.3, -0.25) is 19.2 Å². The molecule has 11 heteroatoms. The molecule has 0 spiro atoms. The lowest BCUT2D eigenvalue weighted by Gasteiger charge is -2.21. The molecule has 4 aromatic carbocycles. The number of carboxylic acid groups (broad SMARTS) is 1. The molecular formula is C36H33F3N2O6. The maximum atomic E-state index is 13.5. The van der Waals surface area contributed by atoms with Gasteiger partial charge in [-0.2, -0.15) is 13.2 Å². The van der Waals surface area contributed by atoms with Crippen molar-refractivity contribution >= 4 is 29.3 Å². The lowest BCUT2D eigenvalue weighted by Crippen LogP contribution is -2.35. The molecule has 0 saturated carbocycles. The molecule has 0 aliphatic carbocycles. The number of methoxy groups -OCH3 is 1. The smallest absolute Gasteiger partial charge is 0.416 e. The lowest BCUT2D eigenvalue weighted by molar-refractivity contribution is -0.139. The molecule has 0 aliphatic rings. The molecule has 1 unspecified atom stereocenters. The normalized spacial score (nSPS) is 11.8. The summed E-state index contributed by atoms with van der Waals surface area (Å²) in [6.07, 6.45) is -4.92. The molecule has 4 aromatic rings. The molecule has 4 rings (SSSR count). The average Bonchev–Trinajstić information content (AvgIpc) is 3.04. The molecule has 8 nitrogen and oxygen atoms in total. The van der Waals surface area contributed by atoms with Crippen LogP contribution in [0.1, 0.15) is 62.2 Å². The quantitative estimate of drug-likeness (QED) is 0.151. The van der Waals surface area contributed by atoms with E-state index in [1.807, 2.05) is 37.3 Å². The number of alkyl halides is 3. The number of aliphatic carboxylic acids is 1. The van der Waals surface area contributed by atoms with Crippen molar-refractivity contribution in [3.05, 3.63) is 130 Å². The number of halogens is 3. The Balaban J connectivity index is 1.39. The molecule has 0 aromatic heterocycles. The highest BCUT2D eigenvalue weighted by atomic mass is 19.4. The summed E-state index contributed by atoms with van der Waals surface area (Å²) in [5.41, 5.74) is 1.35. The standard InChI is InChI=1S/C36H33F3N2O6/c1-23(25-6-4-3-5-7-25)18-32(42)26-10-8-24(9-11-26)21-41(22-34(44)45)35(46)27-12-15-29(16-13-27)40-33(43)19-28-14-17-30(47-2)20-31(28)36(37,38)39/h3-17,20,23H,18-19,21-22H2,1-2H3,(H,40,43)(H,44,45). The van der Waals surface area contributed by atoms with Gasteiger partial charge in [-0.25, -0.2) is 0 Å². The number of rotatable bonds is 13. The van der Waals surface area contributed by atoms with Crippen LogP contribution in [0, 0.1) is 0 Å². The van der Waals surface area contributed by atoms with E-state index in [1.165, 1.54) is 43.5 Å². The Morgan fingerprint density at radius 2 is 1.51 bits per heavy atom. The van der Waals surface area contributed by atoms with Gasteiger partial charge in [-0.1, -0.05) is 67.6 Å². The fraction of sp³-hybridized carbons (Fsp3) is 0.222. The number of anilines is 1. The largest absolute Gasteiger partial charge is 0.497 e. The number of ether oxygens (including phenoxy) is 1. The van der Waals surface area contributed by atoms with E-state index < -0.39 is 42.5 Å². The highest BCUT2D eigenvalue weighted by Gasteiger charge is 2.34. The van der Waals surface area contributed by atoms with Crippen LogP contribution in [0.15, 0.2) is 97.1 Å². The van der Waals surface area contributed by atoms with Gasteiger partial charge in [-0.15, -0.1) is 0 Å². The minimum Gasteiger partial charge on any atom is -0.497 e. The third kappa shape index (κ3) is 9.52. The van der Waals surface area contributed by atoms with Gasteiger partial charge in [0, 0.05) is 29.8 Å². The predicted molar refractivity (Wildman–Crippen MR) is 169 cm³/mol. The number of nitrogens with zero attached hydrogens (tertiary/aromatic N) is 1. The van der Waals surface area contributed by atoms with Crippen molar-refractivity contribution in [1.29, 1.82) is 0 Å². The Hall–Kier alpha value is -5.45. The van der Waals surface area contributed by atoms with Gasteiger partial charge in [0.2, 0.25) is 5.91 Å². The summed E-state index contributed by atoms with van der Waals surface area (Å²) in [6.45, 7) is 1.35. The number of carboxylic acids is 1. The molecule has 244 valence electrons. The zero-order chi connectivity index (χ0) is 34.1. The summed E-state index contributed by atoms with van der Waals surface area (Å²) in [5.74, 6) is -2.51. The molecular weight excluding hydrogens is 613 g/mol. The van der Waals surface area contributed by atoms with Crippen LogP contribution in [0.25, 0.3) is 0 Å². The molecule has 2 amide bonds. The highest BCUT2D eigenvalue weighted by Crippen LogP contribution is 2.35. The van der Waals surface area contributed by atoms with E-state index in [1.54, 1.807) is 24.3 Å². The minimum atomic E-state index is -4.69. The van der Waals surface area contributed by atoms with E-state index in [4.69, 9.17) is 4.74 Å². The third-order valence-corrected chi connectivity index (χ3v) is 7.51. The van der Waals surface area contributed by atoms with Gasteiger partial charge in [0.15, 0.2) is 5.78 Å². The summed E-state index contributed by atoms with van der Waals surface area (Å²) in [4.78, 5) is 51.4. The van der Waals surface area contributed by atoms with Gasteiger partial charge in [-0.05, 0) is 59.0 Å². The number of carbonyl (C=O) groups excluding carboxylic acids is 3. The average molecular weight is 647 g/mol. The predicted octanol–water partition coefficient (Wildman–Crippen LogP) is 7.00. The van der Waals surface area contributed by atoms with Crippen LogP contribution >= 0.6 is 0 Å². The second kappa shape index (κ2) is 15.2. The van der Waals surface area contributed by atoms with Crippen molar-refractivity contribution in [3.63, 3.8) is 0 Å². The van der Waals surface area contributed by atoms with E-state index in [2.05, 4.69) is 5.32 Å². The van der Waals surface area contributed by atoms with E-state index in [9.17, 15) is 37.5 Å². The number of Topliss-reactive ketones (excluding diaryl/α,β-unsaturated/α-hetero) is 1. The van der Waals surface area contributed by atoms with Gasteiger partial charge < -0.3 is 20.1 Å². The zero-order valence-electron chi connectivity index (χ0n) is 25.7. The Morgan fingerprint density at radius 1 is 0.872 bits per heavy atom. The first-order valence-corrected chi connectivity index (χ1v) is 14.7. The summed E-state index contributed by atoms with van der Waals surface area (Å²) in [7, 11) is 1.24. The molecule has 0 heterocycles. The Labute approximate surface area is 269 Å². The molecule has 0 radical (unpaired) electrons. The van der Waals surface area contributed by atoms with Crippen LogP contribution in [-0.4, -0.2) is 47.2 Å². The van der Waals surface area contributed by atoms with Crippen LogP contribution in [0.4, 0.5) is 18.9 Å². The van der Waals surface area contributed by atoms with E-state index in [0.717, 1.165) is 16.5 Å².